The lowest BCUT2D eigenvalue weighted by Gasteiger charge is -2.04. The molecule has 0 saturated heterocycles. The largest absolute Gasteiger partial charge is 0.448 e. The predicted molar refractivity (Wildman–Crippen MR) is 29.3 cm³/mol. The standard InChI is InChI=1S/C6H7NO2/c1-6(2-3-6)9-5(8)4-7/h2-3H2,1H3. The number of carbonyl (C=O) groups excluding carboxylic acids is 1. The van der Waals surface area contributed by atoms with E-state index in [9.17, 15) is 4.79 Å². The van der Waals surface area contributed by atoms with Gasteiger partial charge in [0.2, 0.25) is 0 Å². The number of nitriles is 1. The van der Waals surface area contributed by atoms with E-state index >= 15 is 0 Å². The normalized spacial score (nSPS) is 20.0. The highest BCUT2D eigenvalue weighted by Gasteiger charge is 2.41. The Balaban J connectivity index is 2.36. The SMILES string of the molecule is CC1(OC(=O)C#N)CC1. The number of hydrogen-bond donors (Lipinski definition) is 0. The van der Waals surface area contributed by atoms with E-state index in [-0.39, 0.29) is 5.60 Å². The van der Waals surface area contributed by atoms with Crippen LogP contribution in [-0.4, -0.2) is 11.6 Å². The molecule has 1 fully saturated rings. The fourth-order valence-electron chi connectivity index (χ4n) is 0.525. The summed E-state index contributed by atoms with van der Waals surface area (Å²) in [5, 5.41) is 8.00. The van der Waals surface area contributed by atoms with Gasteiger partial charge in [0.25, 0.3) is 0 Å². The van der Waals surface area contributed by atoms with Crippen LogP contribution in [0.1, 0.15) is 19.8 Å². The smallest absolute Gasteiger partial charge is 0.411 e. The Labute approximate surface area is 53.2 Å². The van der Waals surface area contributed by atoms with Crippen LogP contribution < -0.4 is 0 Å². The van der Waals surface area contributed by atoms with Crippen molar-refractivity contribution in [1.82, 2.24) is 0 Å². The van der Waals surface area contributed by atoms with E-state index in [2.05, 4.69) is 0 Å². The fourth-order valence-corrected chi connectivity index (χ4v) is 0.525. The van der Waals surface area contributed by atoms with Gasteiger partial charge in [0.05, 0.1) is 0 Å². The molecule has 1 aliphatic rings. The first-order chi connectivity index (χ1) is 4.16. The van der Waals surface area contributed by atoms with Gasteiger partial charge in [0.15, 0.2) is 6.07 Å². The van der Waals surface area contributed by atoms with Crippen molar-refractivity contribution in [3.8, 4) is 6.07 Å². The Morgan fingerprint density at radius 3 is 2.67 bits per heavy atom. The molecule has 3 nitrogen and oxygen atoms in total. The van der Waals surface area contributed by atoms with Crippen molar-refractivity contribution >= 4 is 5.97 Å². The van der Waals surface area contributed by atoms with Crippen LogP contribution >= 0.6 is 0 Å². The highest BCUT2D eigenvalue weighted by molar-refractivity contribution is 5.86. The predicted octanol–water partition coefficient (Wildman–Crippen LogP) is 0.606. The molecule has 0 aromatic carbocycles. The molecule has 0 aromatic heterocycles. The van der Waals surface area contributed by atoms with Crippen LogP contribution in [0.2, 0.25) is 0 Å². The molecule has 9 heavy (non-hydrogen) atoms. The second kappa shape index (κ2) is 1.73. The Morgan fingerprint density at radius 2 is 2.33 bits per heavy atom. The molecule has 1 rings (SSSR count). The molecule has 0 spiro atoms. The summed E-state index contributed by atoms with van der Waals surface area (Å²) in [6, 6.07) is 1.40. The summed E-state index contributed by atoms with van der Waals surface area (Å²) in [6.45, 7) is 1.82. The van der Waals surface area contributed by atoms with Crippen molar-refractivity contribution in [3.05, 3.63) is 0 Å². The molecule has 0 N–H and O–H groups in total. The van der Waals surface area contributed by atoms with Crippen molar-refractivity contribution in [2.45, 2.75) is 25.4 Å². The lowest BCUT2D eigenvalue weighted by atomic mass is 10.4. The van der Waals surface area contributed by atoms with E-state index in [4.69, 9.17) is 10.00 Å². The average Bonchev–Trinajstić information content (AvgIpc) is 2.48. The maximum absolute atomic E-state index is 10.3. The first-order valence-corrected chi connectivity index (χ1v) is 2.79. The summed E-state index contributed by atoms with van der Waals surface area (Å²) in [6.07, 6.45) is 1.78. The lowest BCUT2D eigenvalue weighted by molar-refractivity contribution is -0.143. The average molecular weight is 125 g/mol. The van der Waals surface area contributed by atoms with Crippen LogP contribution in [-0.2, 0) is 9.53 Å². The minimum atomic E-state index is -0.769. The van der Waals surface area contributed by atoms with E-state index in [1.807, 2.05) is 6.92 Å². The van der Waals surface area contributed by atoms with E-state index in [1.54, 1.807) is 0 Å². The number of nitrogens with zero attached hydrogens (tertiary/aromatic N) is 1. The van der Waals surface area contributed by atoms with Gasteiger partial charge < -0.3 is 4.74 Å². The van der Waals surface area contributed by atoms with Crippen molar-refractivity contribution < 1.29 is 9.53 Å². The van der Waals surface area contributed by atoms with Gasteiger partial charge in [0.1, 0.15) is 5.60 Å². The first kappa shape index (κ1) is 6.09. The van der Waals surface area contributed by atoms with Gasteiger partial charge in [-0.1, -0.05) is 0 Å². The Hall–Kier alpha value is -1.04. The quantitative estimate of drug-likeness (QED) is 0.381. The van der Waals surface area contributed by atoms with Crippen LogP contribution in [0.25, 0.3) is 0 Å². The maximum Gasteiger partial charge on any atom is 0.411 e. The van der Waals surface area contributed by atoms with Gasteiger partial charge in [-0.15, -0.1) is 0 Å². The van der Waals surface area contributed by atoms with Gasteiger partial charge in [0, 0.05) is 0 Å². The number of rotatable bonds is 1. The van der Waals surface area contributed by atoms with Crippen LogP contribution in [0, 0.1) is 11.3 Å². The van der Waals surface area contributed by atoms with Gasteiger partial charge in [-0.2, -0.15) is 5.26 Å². The second-order valence-corrected chi connectivity index (χ2v) is 2.45. The zero-order valence-electron chi connectivity index (χ0n) is 5.18. The van der Waals surface area contributed by atoms with Crippen molar-refractivity contribution in [1.29, 1.82) is 5.26 Å². The summed E-state index contributed by atoms with van der Waals surface area (Å²) in [4.78, 5) is 10.3. The highest BCUT2D eigenvalue weighted by atomic mass is 16.6. The molecular weight excluding hydrogens is 118 g/mol. The monoisotopic (exact) mass is 125 g/mol. The van der Waals surface area contributed by atoms with E-state index in [1.165, 1.54) is 6.07 Å². The fraction of sp³-hybridized carbons (Fsp3) is 0.667. The summed E-state index contributed by atoms with van der Waals surface area (Å²) < 4.78 is 4.70. The van der Waals surface area contributed by atoms with Crippen molar-refractivity contribution in [3.63, 3.8) is 0 Å². The van der Waals surface area contributed by atoms with E-state index in [0.717, 1.165) is 12.8 Å². The number of ether oxygens (including phenoxy) is 1. The van der Waals surface area contributed by atoms with Crippen LogP contribution in [0.4, 0.5) is 0 Å². The van der Waals surface area contributed by atoms with Crippen molar-refractivity contribution in [2.75, 3.05) is 0 Å². The zero-order chi connectivity index (χ0) is 6.91. The Kier molecular flexibility index (Phi) is 1.17. The van der Waals surface area contributed by atoms with Crippen LogP contribution in [0.15, 0.2) is 0 Å². The first-order valence-electron chi connectivity index (χ1n) is 2.79. The number of hydrogen-bond acceptors (Lipinski definition) is 3. The molecule has 0 aliphatic heterocycles. The molecule has 0 unspecified atom stereocenters. The molecule has 1 saturated carbocycles. The molecule has 0 radical (unpaired) electrons. The van der Waals surface area contributed by atoms with Gasteiger partial charge in [-0.05, 0) is 19.8 Å². The van der Waals surface area contributed by atoms with E-state index in [0.29, 0.717) is 0 Å². The second-order valence-electron chi connectivity index (χ2n) is 2.45. The van der Waals surface area contributed by atoms with Crippen LogP contribution in [0.5, 0.6) is 0 Å². The van der Waals surface area contributed by atoms with E-state index < -0.39 is 5.97 Å². The third-order valence-electron chi connectivity index (χ3n) is 1.38. The third-order valence-corrected chi connectivity index (χ3v) is 1.38. The summed E-state index contributed by atoms with van der Waals surface area (Å²) in [5.74, 6) is -0.769. The molecule has 0 atom stereocenters. The minimum absolute atomic E-state index is 0.299. The molecule has 0 heterocycles. The number of carbonyl (C=O) groups is 1. The topological polar surface area (TPSA) is 50.1 Å². The lowest BCUT2D eigenvalue weighted by Crippen LogP contribution is -2.13. The Morgan fingerprint density at radius 1 is 1.78 bits per heavy atom. The van der Waals surface area contributed by atoms with Crippen LogP contribution in [0.3, 0.4) is 0 Å². The summed E-state index contributed by atoms with van der Waals surface area (Å²) in [7, 11) is 0. The Bertz CT molecular complexity index is 176. The van der Waals surface area contributed by atoms with Gasteiger partial charge >= 0.3 is 5.97 Å². The molecule has 0 aromatic rings. The zero-order valence-corrected chi connectivity index (χ0v) is 5.18. The maximum atomic E-state index is 10.3. The molecule has 0 bridgehead atoms. The molecule has 48 valence electrons. The molecule has 3 heteroatoms. The molecule has 1 aliphatic carbocycles. The summed E-state index contributed by atoms with van der Waals surface area (Å²) in [5.41, 5.74) is -0.299. The van der Waals surface area contributed by atoms with Crippen molar-refractivity contribution in [2.24, 2.45) is 0 Å². The number of esters is 1. The molecular formula is C6H7NO2. The minimum Gasteiger partial charge on any atom is -0.448 e. The summed E-state index contributed by atoms with van der Waals surface area (Å²) >= 11 is 0. The van der Waals surface area contributed by atoms with Gasteiger partial charge in [-0.25, -0.2) is 4.79 Å². The third kappa shape index (κ3) is 1.43. The highest BCUT2D eigenvalue weighted by Crippen LogP contribution is 2.38. The molecule has 0 amide bonds. The van der Waals surface area contributed by atoms with Gasteiger partial charge in [-0.3, -0.25) is 0 Å².